The summed E-state index contributed by atoms with van der Waals surface area (Å²) in [7, 11) is 2.00. The SMILES string of the molecule is CCC(C)C(CC(=O)C1CCCCN1C)C(=O)N(Cc1ccccc1)[C@H](C[C@@H](O)c1nc(C(=O)N[C@@H](Cc2ccc(-c3ccccc3)cc2)C[C@H](C)C(=O)O)cs1)C(C)C. The zero-order valence-electron chi connectivity index (χ0n) is 36.1. The maximum absolute atomic E-state index is 14.9. The molecule has 0 aliphatic carbocycles. The number of aliphatic hydroxyl groups excluding tert-OH is 1. The topological polar surface area (TPSA) is 140 Å². The number of hydrogen-bond acceptors (Lipinski definition) is 8. The van der Waals surface area contributed by atoms with Gasteiger partial charge in [-0.1, -0.05) is 132 Å². The van der Waals surface area contributed by atoms with Crippen LogP contribution in [-0.4, -0.2) is 80.3 Å². The highest BCUT2D eigenvalue weighted by Crippen LogP contribution is 2.33. The number of thiazole rings is 1. The smallest absolute Gasteiger partial charge is 0.306 e. The summed E-state index contributed by atoms with van der Waals surface area (Å²) < 4.78 is 0. The summed E-state index contributed by atoms with van der Waals surface area (Å²) in [6.07, 6.45) is 3.59. The lowest BCUT2D eigenvalue weighted by molar-refractivity contribution is -0.145. The highest BCUT2D eigenvalue weighted by Gasteiger charge is 2.38. The monoisotopic (exact) mass is 836 g/mol. The van der Waals surface area contributed by atoms with Crippen LogP contribution in [0.4, 0.5) is 0 Å². The van der Waals surface area contributed by atoms with Crippen molar-refractivity contribution < 1.29 is 29.4 Å². The Labute approximate surface area is 360 Å². The molecule has 0 spiro atoms. The number of ketones is 1. The molecule has 2 amide bonds. The Morgan fingerprint density at radius 3 is 2.15 bits per heavy atom. The van der Waals surface area contributed by atoms with Crippen LogP contribution >= 0.6 is 11.3 Å². The minimum absolute atomic E-state index is 0.0256. The molecule has 3 N–H and O–H groups in total. The summed E-state index contributed by atoms with van der Waals surface area (Å²) in [4.78, 5) is 62.9. The molecule has 10 nitrogen and oxygen atoms in total. The first kappa shape index (κ1) is 46.4. The predicted molar refractivity (Wildman–Crippen MR) is 238 cm³/mol. The fraction of sp³-hybridized carbons (Fsp3) is 0.490. The van der Waals surface area contributed by atoms with Gasteiger partial charge in [0.2, 0.25) is 5.91 Å². The number of carboxylic acid groups (broad SMARTS) is 1. The number of hydrogen-bond donors (Lipinski definition) is 3. The first-order chi connectivity index (χ1) is 28.7. The van der Waals surface area contributed by atoms with E-state index >= 15 is 0 Å². The molecule has 11 heteroatoms. The third-order valence-corrected chi connectivity index (χ3v) is 13.2. The largest absolute Gasteiger partial charge is 0.481 e. The second-order valence-corrected chi connectivity index (χ2v) is 18.0. The number of rotatable bonds is 21. The van der Waals surface area contributed by atoms with Crippen LogP contribution in [0.15, 0.2) is 90.3 Å². The van der Waals surface area contributed by atoms with E-state index in [1.54, 1.807) is 12.3 Å². The van der Waals surface area contributed by atoms with Gasteiger partial charge in [0.15, 0.2) is 5.78 Å². The number of aliphatic hydroxyl groups is 1. The van der Waals surface area contributed by atoms with Crippen LogP contribution in [-0.2, 0) is 27.3 Å². The molecule has 0 saturated carbocycles. The van der Waals surface area contributed by atoms with Gasteiger partial charge in [0.1, 0.15) is 16.8 Å². The first-order valence-corrected chi connectivity index (χ1v) is 22.5. The molecule has 0 bridgehead atoms. The van der Waals surface area contributed by atoms with E-state index in [1.807, 2.05) is 111 Å². The quantitative estimate of drug-likeness (QED) is 0.0757. The lowest BCUT2D eigenvalue weighted by atomic mass is 9.82. The number of aromatic nitrogens is 1. The van der Waals surface area contributed by atoms with E-state index < -0.39 is 41.9 Å². The third kappa shape index (κ3) is 12.7. The maximum Gasteiger partial charge on any atom is 0.306 e. The predicted octanol–water partition coefficient (Wildman–Crippen LogP) is 8.84. The minimum Gasteiger partial charge on any atom is -0.481 e. The average molecular weight is 837 g/mol. The molecule has 1 aromatic heterocycles. The van der Waals surface area contributed by atoms with Gasteiger partial charge in [-0.3, -0.25) is 24.1 Å². The molecule has 1 fully saturated rings. The summed E-state index contributed by atoms with van der Waals surface area (Å²) >= 11 is 1.18. The van der Waals surface area contributed by atoms with E-state index in [4.69, 9.17) is 0 Å². The van der Waals surface area contributed by atoms with Crippen LogP contribution in [0, 0.1) is 23.7 Å². The van der Waals surface area contributed by atoms with Gasteiger partial charge in [0, 0.05) is 42.8 Å². The Hall–Kier alpha value is -4.71. The second kappa shape index (κ2) is 22.2. The number of likely N-dealkylation sites (tertiary alicyclic amines) is 1. The molecule has 5 rings (SSSR count). The van der Waals surface area contributed by atoms with E-state index in [0.717, 1.165) is 54.5 Å². The van der Waals surface area contributed by atoms with Crippen LogP contribution in [0.5, 0.6) is 0 Å². The summed E-state index contributed by atoms with van der Waals surface area (Å²) in [6.45, 7) is 11.0. The van der Waals surface area contributed by atoms with Crippen molar-refractivity contribution in [3.05, 3.63) is 112 Å². The van der Waals surface area contributed by atoms with Crippen molar-refractivity contribution >= 4 is 34.9 Å². The molecule has 4 aromatic rings. The number of piperidine rings is 1. The zero-order chi connectivity index (χ0) is 43.3. The van der Waals surface area contributed by atoms with Crippen molar-refractivity contribution in [2.45, 2.75) is 117 Å². The van der Waals surface area contributed by atoms with Gasteiger partial charge in [-0.15, -0.1) is 11.3 Å². The number of nitrogens with one attached hydrogen (secondary N) is 1. The van der Waals surface area contributed by atoms with Crippen molar-refractivity contribution in [3.8, 4) is 11.1 Å². The van der Waals surface area contributed by atoms with Crippen molar-refractivity contribution in [2.75, 3.05) is 13.6 Å². The van der Waals surface area contributed by atoms with E-state index in [-0.39, 0.29) is 54.5 Å². The van der Waals surface area contributed by atoms with Gasteiger partial charge < -0.3 is 20.4 Å². The number of benzene rings is 3. The first-order valence-electron chi connectivity index (χ1n) is 21.6. The van der Waals surface area contributed by atoms with Gasteiger partial charge in [0.25, 0.3) is 5.91 Å². The Morgan fingerprint density at radius 2 is 1.53 bits per heavy atom. The Balaban J connectivity index is 1.33. The molecule has 1 aliphatic rings. The molecule has 322 valence electrons. The standard InChI is InChI=1S/C49H64N4O6S/c1-7-33(4)40(28-44(54)42-20-14-15-25-52(42)6)48(57)53(30-36-16-10-8-11-17-36)43(32(2)3)29-45(55)47-51-41(31-60-47)46(56)50-39(26-34(5)49(58)59)27-35-21-23-38(24-22-35)37-18-12-9-13-19-37/h8-13,16-19,21-24,31-34,39-40,42-43,45,55H,7,14-15,20,25-30H2,1-6H3,(H,50,56)(H,58,59)/t33?,34-,39+,40?,42?,43+,45+/m0/s1. The van der Waals surface area contributed by atoms with Gasteiger partial charge in [-0.2, -0.15) is 0 Å². The minimum atomic E-state index is -1.07. The van der Waals surface area contributed by atoms with Crippen LogP contribution in [0.3, 0.4) is 0 Å². The number of nitrogens with zero attached hydrogens (tertiary/aromatic N) is 3. The molecule has 3 aromatic carbocycles. The fourth-order valence-electron chi connectivity index (χ4n) is 8.37. The Kier molecular flexibility index (Phi) is 17.2. The number of carbonyl (C=O) groups excluding carboxylic acids is 3. The normalized spacial score (nSPS) is 17.6. The van der Waals surface area contributed by atoms with Crippen molar-refractivity contribution in [1.82, 2.24) is 20.1 Å². The van der Waals surface area contributed by atoms with Gasteiger partial charge in [-0.05, 0) is 73.4 Å². The second-order valence-electron chi connectivity index (χ2n) is 17.2. The molecule has 60 heavy (non-hydrogen) atoms. The van der Waals surface area contributed by atoms with Crippen molar-refractivity contribution in [1.29, 1.82) is 0 Å². The third-order valence-electron chi connectivity index (χ3n) is 12.3. The van der Waals surface area contributed by atoms with Crippen molar-refractivity contribution in [3.63, 3.8) is 0 Å². The van der Waals surface area contributed by atoms with E-state index in [0.29, 0.717) is 18.0 Å². The van der Waals surface area contributed by atoms with Gasteiger partial charge in [0.05, 0.1) is 12.0 Å². The van der Waals surface area contributed by atoms with Crippen LogP contribution < -0.4 is 5.32 Å². The number of amides is 2. The number of Topliss-reactive ketones (excluding diaryl/α,β-unsaturated/α-hetero) is 1. The van der Waals surface area contributed by atoms with Gasteiger partial charge >= 0.3 is 5.97 Å². The van der Waals surface area contributed by atoms with Crippen LogP contribution in [0.1, 0.15) is 112 Å². The van der Waals surface area contributed by atoms with Gasteiger partial charge in [-0.25, -0.2) is 4.98 Å². The molecule has 2 heterocycles. The number of likely N-dealkylation sites (N-methyl/N-ethyl adjacent to an activating group) is 1. The molecule has 7 atom stereocenters. The molecule has 1 saturated heterocycles. The highest BCUT2D eigenvalue weighted by molar-refractivity contribution is 7.09. The summed E-state index contributed by atoms with van der Waals surface area (Å²) in [5.74, 6) is -2.62. The fourth-order valence-corrected chi connectivity index (χ4v) is 9.16. The van der Waals surface area contributed by atoms with Crippen LogP contribution in [0.2, 0.25) is 0 Å². The summed E-state index contributed by atoms with van der Waals surface area (Å²) in [5, 5.41) is 26.5. The van der Waals surface area contributed by atoms with E-state index in [9.17, 15) is 29.4 Å². The Bertz CT molecular complexity index is 1990. The maximum atomic E-state index is 14.9. The van der Waals surface area contributed by atoms with E-state index in [2.05, 4.69) is 29.0 Å². The molecule has 1 aliphatic heterocycles. The van der Waals surface area contributed by atoms with Crippen LogP contribution in [0.25, 0.3) is 11.1 Å². The average Bonchev–Trinajstić information content (AvgIpc) is 3.75. The highest BCUT2D eigenvalue weighted by atomic mass is 32.1. The number of carboxylic acids is 1. The lowest BCUT2D eigenvalue weighted by Gasteiger charge is -2.39. The molecular formula is C49H64N4O6S. The molecule has 0 radical (unpaired) electrons. The summed E-state index contributed by atoms with van der Waals surface area (Å²) in [6, 6.07) is 26.8. The molecular weight excluding hydrogens is 773 g/mol. The van der Waals surface area contributed by atoms with Crippen molar-refractivity contribution in [2.24, 2.45) is 23.7 Å². The number of aliphatic carboxylic acids is 1. The Morgan fingerprint density at radius 1 is 0.883 bits per heavy atom. The lowest BCUT2D eigenvalue weighted by Crippen LogP contribution is -2.49. The number of carbonyl (C=O) groups is 4. The van der Waals surface area contributed by atoms with E-state index in [1.165, 1.54) is 11.3 Å². The zero-order valence-corrected chi connectivity index (χ0v) is 36.9. The summed E-state index contributed by atoms with van der Waals surface area (Å²) in [5.41, 5.74) is 4.22. The molecule has 3 unspecified atom stereocenters.